The number of nitrogens with zero attached hydrogens (tertiary/aromatic N) is 1. The zero-order chi connectivity index (χ0) is 13.1. The molecular weight excluding hydrogens is 257 g/mol. The number of halogens is 1. The van der Waals surface area contributed by atoms with Crippen molar-refractivity contribution in [1.29, 1.82) is 0 Å². The molecule has 0 fully saturated rings. The van der Waals surface area contributed by atoms with Crippen molar-refractivity contribution >= 4 is 17.3 Å². The van der Waals surface area contributed by atoms with Crippen molar-refractivity contribution in [2.45, 2.75) is 12.5 Å². The number of aliphatic carboxylic acids is 1. The maximum atomic E-state index is 12.8. The van der Waals surface area contributed by atoms with E-state index in [0.717, 1.165) is 5.56 Å². The third-order valence-electron chi connectivity index (χ3n) is 2.33. The van der Waals surface area contributed by atoms with Crippen molar-refractivity contribution in [3.05, 3.63) is 41.2 Å². The van der Waals surface area contributed by atoms with Crippen LogP contribution in [-0.2, 0) is 11.2 Å². The van der Waals surface area contributed by atoms with Crippen LogP contribution in [-0.4, -0.2) is 27.3 Å². The Labute approximate surface area is 106 Å². The first kappa shape index (κ1) is 12.7. The number of rotatable bonds is 4. The molecule has 2 rings (SSSR count). The predicted molar refractivity (Wildman–Crippen MR) is 64.9 cm³/mol. The average molecular weight is 267 g/mol. The van der Waals surface area contributed by atoms with E-state index in [1.807, 2.05) is 0 Å². The molecule has 0 saturated heterocycles. The fourth-order valence-corrected chi connectivity index (χ4v) is 2.25. The number of carboxylic acids is 1. The van der Waals surface area contributed by atoms with E-state index >= 15 is 0 Å². The molecule has 0 amide bonds. The molecule has 1 atom stereocenters. The highest BCUT2D eigenvalue weighted by Crippen LogP contribution is 2.24. The van der Waals surface area contributed by atoms with E-state index in [4.69, 9.17) is 5.11 Å². The Morgan fingerprint density at radius 3 is 2.67 bits per heavy atom. The fraction of sp³-hybridized carbons (Fsp3) is 0.167. The van der Waals surface area contributed by atoms with Gasteiger partial charge in [0.2, 0.25) is 0 Å². The van der Waals surface area contributed by atoms with Crippen molar-refractivity contribution in [1.82, 2.24) is 4.98 Å². The van der Waals surface area contributed by atoms with Crippen LogP contribution in [0.25, 0.3) is 10.6 Å². The molecule has 0 bridgehead atoms. The molecule has 4 nitrogen and oxygen atoms in total. The summed E-state index contributed by atoms with van der Waals surface area (Å²) in [6.45, 7) is 0. The van der Waals surface area contributed by atoms with Crippen LogP contribution in [0.3, 0.4) is 0 Å². The van der Waals surface area contributed by atoms with Gasteiger partial charge in [0.1, 0.15) is 10.8 Å². The Hall–Kier alpha value is -1.79. The number of aromatic nitrogens is 1. The molecule has 94 valence electrons. The summed E-state index contributed by atoms with van der Waals surface area (Å²) in [5.74, 6) is -1.59. The summed E-state index contributed by atoms with van der Waals surface area (Å²) in [5, 5.41) is 20.1. The second-order valence-corrected chi connectivity index (χ2v) is 4.57. The second-order valence-electron chi connectivity index (χ2n) is 3.71. The Morgan fingerprint density at radius 2 is 2.06 bits per heavy atom. The fourth-order valence-electron chi connectivity index (χ4n) is 1.41. The SMILES string of the molecule is O=C(O)C(O)Cc1csc(-c2ccc(F)cc2)n1. The minimum Gasteiger partial charge on any atom is -0.479 e. The predicted octanol–water partition coefficient (Wildman–Crippen LogP) is 1.94. The standard InChI is InChI=1S/C12H10FNO3S/c13-8-3-1-7(2-4-8)11-14-9(6-18-11)5-10(15)12(16)17/h1-4,6,10,15H,5H2,(H,16,17). The molecule has 1 heterocycles. The highest BCUT2D eigenvalue weighted by molar-refractivity contribution is 7.13. The lowest BCUT2D eigenvalue weighted by Gasteiger charge is -2.01. The normalized spacial score (nSPS) is 12.3. The zero-order valence-electron chi connectivity index (χ0n) is 9.21. The van der Waals surface area contributed by atoms with Crippen LogP contribution in [0.5, 0.6) is 0 Å². The van der Waals surface area contributed by atoms with Crippen molar-refractivity contribution in [2.24, 2.45) is 0 Å². The number of hydrogen-bond donors (Lipinski definition) is 2. The van der Waals surface area contributed by atoms with E-state index in [0.29, 0.717) is 10.7 Å². The number of aliphatic hydroxyl groups is 1. The van der Waals surface area contributed by atoms with Gasteiger partial charge in [0.05, 0.1) is 5.69 Å². The third-order valence-corrected chi connectivity index (χ3v) is 3.27. The molecule has 0 aliphatic heterocycles. The molecule has 1 aromatic heterocycles. The van der Waals surface area contributed by atoms with Gasteiger partial charge in [-0.25, -0.2) is 14.2 Å². The number of hydrogen-bond acceptors (Lipinski definition) is 4. The van der Waals surface area contributed by atoms with E-state index < -0.39 is 12.1 Å². The van der Waals surface area contributed by atoms with Gasteiger partial charge < -0.3 is 10.2 Å². The molecule has 0 aliphatic rings. The van der Waals surface area contributed by atoms with Crippen molar-refractivity contribution < 1.29 is 19.4 Å². The number of thiazole rings is 1. The monoisotopic (exact) mass is 267 g/mol. The molecule has 0 aliphatic carbocycles. The molecule has 0 spiro atoms. The lowest BCUT2D eigenvalue weighted by Crippen LogP contribution is -2.22. The maximum Gasteiger partial charge on any atom is 0.332 e. The van der Waals surface area contributed by atoms with Crippen LogP contribution < -0.4 is 0 Å². The van der Waals surface area contributed by atoms with Crippen LogP contribution >= 0.6 is 11.3 Å². The molecule has 1 unspecified atom stereocenters. The lowest BCUT2D eigenvalue weighted by molar-refractivity contribution is -0.146. The molecule has 2 N–H and O–H groups in total. The Kier molecular flexibility index (Phi) is 3.69. The van der Waals surface area contributed by atoms with E-state index in [2.05, 4.69) is 4.98 Å². The first-order valence-corrected chi connectivity index (χ1v) is 6.05. The van der Waals surface area contributed by atoms with Gasteiger partial charge in [-0.15, -0.1) is 11.3 Å². The first-order valence-electron chi connectivity index (χ1n) is 5.17. The molecule has 2 aromatic rings. The Morgan fingerprint density at radius 1 is 1.39 bits per heavy atom. The quantitative estimate of drug-likeness (QED) is 0.888. The largest absolute Gasteiger partial charge is 0.479 e. The molecule has 6 heteroatoms. The summed E-state index contributed by atoms with van der Waals surface area (Å²) in [4.78, 5) is 14.7. The molecule has 0 radical (unpaired) electrons. The number of carbonyl (C=O) groups is 1. The first-order chi connectivity index (χ1) is 8.56. The van der Waals surface area contributed by atoms with Gasteiger partial charge in [0.25, 0.3) is 0 Å². The van der Waals surface area contributed by atoms with Crippen LogP contribution in [0.4, 0.5) is 4.39 Å². The van der Waals surface area contributed by atoms with Gasteiger partial charge in [0.15, 0.2) is 6.10 Å². The summed E-state index contributed by atoms with van der Waals surface area (Å²) >= 11 is 1.32. The molecule has 1 aromatic carbocycles. The zero-order valence-corrected chi connectivity index (χ0v) is 10.0. The minimum atomic E-state index is -1.45. The van der Waals surface area contributed by atoms with Crippen molar-refractivity contribution in [2.75, 3.05) is 0 Å². The average Bonchev–Trinajstić information content (AvgIpc) is 2.78. The van der Waals surface area contributed by atoms with Crippen LogP contribution in [0.15, 0.2) is 29.6 Å². The smallest absolute Gasteiger partial charge is 0.332 e. The van der Waals surface area contributed by atoms with Gasteiger partial charge in [-0.1, -0.05) is 0 Å². The number of carboxylic acid groups (broad SMARTS) is 1. The minimum absolute atomic E-state index is 0.0347. The Balaban J connectivity index is 2.15. The highest BCUT2D eigenvalue weighted by Gasteiger charge is 2.16. The van der Waals surface area contributed by atoms with Crippen LogP contribution in [0, 0.1) is 5.82 Å². The number of benzene rings is 1. The highest BCUT2D eigenvalue weighted by atomic mass is 32.1. The van der Waals surface area contributed by atoms with Crippen LogP contribution in [0.1, 0.15) is 5.69 Å². The topological polar surface area (TPSA) is 70.4 Å². The van der Waals surface area contributed by atoms with Crippen LogP contribution in [0.2, 0.25) is 0 Å². The summed E-state index contributed by atoms with van der Waals surface area (Å²) in [6.07, 6.45) is -1.49. The van der Waals surface area contributed by atoms with Crippen molar-refractivity contribution in [3.8, 4) is 10.6 Å². The number of aliphatic hydroxyl groups excluding tert-OH is 1. The van der Waals surface area contributed by atoms with E-state index in [1.54, 1.807) is 17.5 Å². The van der Waals surface area contributed by atoms with E-state index in [-0.39, 0.29) is 12.2 Å². The van der Waals surface area contributed by atoms with Gasteiger partial charge >= 0.3 is 5.97 Å². The van der Waals surface area contributed by atoms with E-state index in [1.165, 1.54) is 23.5 Å². The summed E-state index contributed by atoms with van der Waals surface area (Å²) in [6, 6.07) is 5.88. The Bertz CT molecular complexity index is 553. The van der Waals surface area contributed by atoms with Crippen molar-refractivity contribution in [3.63, 3.8) is 0 Å². The molecular formula is C12H10FNO3S. The van der Waals surface area contributed by atoms with Gasteiger partial charge in [-0.2, -0.15) is 0 Å². The van der Waals surface area contributed by atoms with Gasteiger partial charge in [-0.05, 0) is 24.3 Å². The summed E-state index contributed by atoms with van der Waals surface area (Å²) in [5.41, 5.74) is 1.27. The summed E-state index contributed by atoms with van der Waals surface area (Å²) < 4.78 is 12.8. The third kappa shape index (κ3) is 2.91. The second kappa shape index (κ2) is 5.24. The maximum absolute atomic E-state index is 12.8. The van der Waals surface area contributed by atoms with Gasteiger partial charge in [0, 0.05) is 17.4 Å². The molecule has 0 saturated carbocycles. The lowest BCUT2D eigenvalue weighted by atomic mass is 10.2. The molecule has 18 heavy (non-hydrogen) atoms. The summed E-state index contributed by atoms with van der Waals surface area (Å²) in [7, 11) is 0. The van der Waals surface area contributed by atoms with E-state index in [9.17, 15) is 14.3 Å². The van der Waals surface area contributed by atoms with Gasteiger partial charge in [-0.3, -0.25) is 0 Å².